The average molecular weight is 159 g/mol. The van der Waals surface area contributed by atoms with Crippen LogP contribution in [-0.2, 0) is 9.53 Å². The zero-order valence-corrected chi connectivity index (χ0v) is 7.63. The number of ether oxygens (including phenoxy) is 1. The molecule has 0 spiro atoms. The Morgan fingerprint density at radius 3 is 2.00 bits per heavy atom. The third kappa shape index (κ3) is 3.98. The maximum absolute atomic E-state index is 11.0. The van der Waals surface area contributed by atoms with E-state index in [0.29, 0.717) is 0 Å². The van der Waals surface area contributed by atoms with Gasteiger partial charge in [-0.25, -0.2) is 0 Å². The zero-order valence-electron chi connectivity index (χ0n) is 7.63. The number of hydrogen-bond donors (Lipinski definition) is 1. The van der Waals surface area contributed by atoms with Crippen molar-refractivity contribution in [1.29, 1.82) is 0 Å². The summed E-state index contributed by atoms with van der Waals surface area (Å²) in [5.41, 5.74) is 5.53. The first-order valence-electron chi connectivity index (χ1n) is 3.91. The van der Waals surface area contributed by atoms with Crippen molar-refractivity contribution in [2.75, 3.05) is 0 Å². The fraction of sp³-hybridized carbons (Fsp3) is 0.875. The lowest BCUT2D eigenvalue weighted by molar-refractivity contribution is -0.150. The molecule has 3 nitrogen and oxygen atoms in total. The van der Waals surface area contributed by atoms with Gasteiger partial charge in [0.25, 0.3) is 0 Å². The van der Waals surface area contributed by atoms with Gasteiger partial charge in [0, 0.05) is 0 Å². The standard InChI is InChI=1S/C8H17NO2/c1-5(2)7(9)8(10)11-6(3)4/h5-7H,9H2,1-4H3. The third-order valence-corrected chi connectivity index (χ3v) is 1.34. The fourth-order valence-corrected chi connectivity index (χ4v) is 0.583. The van der Waals surface area contributed by atoms with Crippen molar-refractivity contribution in [2.24, 2.45) is 11.7 Å². The van der Waals surface area contributed by atoms with Crippen molar-refractivity contribution in [2.45, 2.75) is 39.8 Å². The predicted octanol–water partition coefficient (Wildman–Crippen LogP) is 0.921. The largest absolute Gasteiger partial charge is 0.462 e. The van der Waals surface area contributed by atoms with Gasteiger partial charge in [-0.1, -0.05) is 13.8 Å². The quantitative estimate of drug-likeness (QED) is 0.623. The van der Waals surface area contributed by atoms with Gasteiger partial charge < -0.3 is 10.5 Å². The summed E-state index contributed by atoms with van der Waals surface area (Å²) >= 11 is 0. The first kappa shape index (κ1) is 10.4. The number of rotatable bonds is 3. The SMILES string of the molecule is CC(C)OC(=O)C(N)C(C)C. The molecule has 0 aromatic carbocycles. The van der Waals surface area contributed by atoms with Gasteiger partial charge in [-0.3, -0.25) is 4.79 Å². The molecule has 0 aliphatic carbocycles. The molecule has 2 N–H and O–H groups in total. The van der Waals surface area contributed by atoms with Crippen molar-refractivity contribution >= 4 is 5.97 Å². The minimum absolute atomic E-state index is 0.0766. The van der Waals surface area contributed by atoms with E-state index in [0.717, 1.165) is 0 Å². The van der Waals surface area contributed by atoms with E-state index in [9.17, 15) is 4.79 Å². The Bertz CT molecular complexity index is 132. The summed E-state index contributed by atoms with van der Waals surface area (Å²) in [7, 11) is 0. The molecule has 0 aromatic rings. The Hall–Kier alpha value is -0.570. The van der Waals surface area contributed by atoms with Gasteiger partial charge in [-0.05, 0) is 19.8 Å². The van der Waals surface area contributed by atoms with E-state index in [1.54, 1.807) is 0 Å². The normalized spacial score (nSPS) is 13.7. The molecule has 1 atom stereocenters. The second kappa shape index (κ2) is 4.34. The summed E-state index contributed by atoms with van der Waals surface area (Å²) in [5.74, 6) is -0.170. The monoisotopic (exact) mass is 159 g/mol. The molecule has 3 heteroatoms. The van der Waals surface area contributed by atoms with Gasteiger partial charge in [-0.2, -0.15) is 0 Å². The highest BCUT2D eigenvalue weighted by Gasteiger charge is 2.19. The highest BCUT2D eigenvalue weighted by Crippen LogP contribution is 2.02. The number of esters is 1. The molecule has 0 aliphatic rings. The van der Waals surface area contributed by atoms with Gasteiger partial charge in [0.15, 0.2) is 0 Å². The van der Waals surface area contributed by atoms with Gasteiger partial charge in [0.05, 0.1) is 6.10 Å². The highest BCUT2D eigenvalue weighted by molar-refractivity contribution is 5.75. The van der Waals surface area contributed by atoms with Gasteiger partial charge in [0.1, 0.15) is 6.04 Å². The molecular formula is C8H17NO2. The molecule has 0 radical (unpaired) electrons. The molecular weight excluding hydrogens is 142 g/mol. The van der Waals surface area contributed by atoms with Crippen molar-refractivity contribution in [3.05, 3.63) is 0 Å². The third-order valence-electron chi connectivity index (χ3n) is 1.34. The second-order valence-electron chi connectivity index (χ2n) is 3.26. The summed E-state index contributed by atoms with van der Waals surface area (Å²) in [6, 6.07) is -0.489. The Labute approximate surface area is 67.9 Å². The molecule has 0 amide bonds. The van der Waals surface area contributed by atoms with Crippen LogP contribution in [0.2, 0.25) is 0 Å². The van der Waals surface area contributed by atoms with Crippen LogP contribution >= 0.6 is 0 Å². The van der Waals surface area contributed by atoms with Crippen LogP contribution in [-0.4, -0.2) is 18.1 Å². The average Bonchev–Trinajstić information content (AvgIpc) is 1.84. The number of hydrogen-bond acceptors (Lipinski definition) is 3. The zero-order chi connectivity index (χ0) is 9.02. The summed E-state index contributed by atoms with van der Waals surface area (Å²) in [6.45, 7) is 7.41. The fourth-order valence-electron chi connectivity index (χ4n) is 0.583. The molecule has 0 saturated heterocycles. The summed E-state index contributed by atoms with van der Waals surface area (Å²) in [4.78, 5) is 11.0. The van der Waals surface area contributed by atoms with E-state index in [-0.39, 0.29) is 18.0 Å². The van der Waals surface area contributed by atoms with E-state index in [1.807, 2.05) is 27.7 Å². The predicted molar refractivity (Wildman–Crippen MR) is 44.0 cm³/mol. The minimum atomic E-state index is -0.489. The van der Waals surface area contributed by atoms with Crippen LogP contribution in [0.4, 0.5) is 0 Å². The van der Waals surface area contributed by atoms with E-state index in [4.69, 9.17) is 10.5 Å². The van der Waals surface area contributed by atoms with Crippen LogP contribution in [0.25, 0.3) is 0 Å². The Morgan fingerprint density at radius 1 is 1.27 bits per heavy atom. The lowest BCUT2D eigenvalue weighted by atomic mass is 10.1. The molecule has 0 saturated carbocycles. The summed E-state index contributed by atoms with van der Waals surface area (Å²) < 4.78 is 4.91. The van der Waals surface area contributed by atoms with Crippen molar-refractivity contribution in [3.8, 4) is 0 Å². The van der Waals surface area contributed by atoms with Crippen molar-refractivity contribution < 1.29 is 9.53 Å². The van der Waals surface area contributed by atoms with E-state index >= 15 is 0 Å². The first-order chi connectivity index (χ1) is 4.95. The van der Waals surface area contributed by atoms with Gasteiger partial charge in [0.2, 0.25) is 0 Å². The minimum Gasteiger partial charge on any atom is -0.462 e. The summed E-state index contributed by atoms with van der Waals surface area (Å²) in [5, 5.41) is 0. The van der Waals surface area contributed by atoms with E-state index < -0.39 is 6.04 Å². The molecule has 0 aliphatic heterocycles. The molecule has 0 bridgehead atoms. The number of carbonyl (C=O) groups is 1. The highest BCUT2D eigenvalue weighted by atomic mass is 16.5. The second-order valence-corrected chi connectivity index (χ2v) is 3.26. The van der Waals surface area contributed by atoms with E-state index in [2.05, 4.69) is 0 Å². The van der Waals surface area contributed by atoms with Crippen LogP contribution < -0.4 is 5.73 Å². The smallest absolute Gasteiger partial charge is 0.323 e. The molecule has 11 heavy (non-hydrogen) atoms. The van der Waals surface area contributed by atoms with Crippen molar-refractivity contribution in [1.82, 2.24) is 0 Å². The van der Waals surface area contributed by atoms with Crippen molar-refractivity contribution in [3.63, 3.8) is 0 Å². The van der Waals surface area contributed by atoms with Crippen LogP contribution in [0.5, 0.6) is 0 Å². The summed E-state index contributed by atoms with van der Waals surface area (Å²) in [6.07, 6.45) is -0.0766. The van der Waals surface area contributed by atoms with Crippen LogP contribution in [0.15, 0.2) is 0 Å². The number of carbonyl (C=O) groups excluding carboxylic acids is 1. The van der Waals surface area contributed by atoms with Gasteiger partial charge >= 0.3 is 5.97 Å². The van der Waals surface area contributed by atoms with Crippen LogP contribution in [0.3, 0.4) is 0 Å². The lowest BCUT2D eigenvalue weighted by Crippen LogP contribution is -2.38. The molecule has 66 valence electrons. The number of nitrogens with two attached hydrogens (primary N) is 1. The molecule has 0 heterocycles. The molecule has 1 unspecified atom stereocenters. The van der Waals surface area contributed by atoms with Gasteiger partial charge in [-0.15, -0.1) is 0 Å². The maximum Gasteiger partial charge on any atom is 0.323 e. The topological polar surface area (TPSA) is 52.3 Å². The Kier molecular flexibility index (Phi) is 4.11. The Balaban J connectivity index is 3.83. The molecule has 0 aromatic heterocycles. The molecule has 0 rings (SSSR count). The Morgan fingerprint density at radius 2 is 1.73 bits per heavy atom. The van der Waals surface area contributed by atoms with Crippen LogP contribution in [0, 0.1) is 5.92 Å². The van der Waals surface area contributed by atoms with E-state index in [1.165, 1.54) is 0 Å². The van der Waals surface area contributed by atoms with Crippen LogP contribution in [0.1, 0.15) is 27.7 Å². The maximum atomic E-state index is 11.0. The lowest BCUT2D eigenvalue weighted by Gasteiger charge is -2.16. The molecule has 0 fully saturated rings. The first-order valence-corrected chi connectivity index (χ1v) is 3.91.